The Morgan fingerprint density at radius 1 is 1.37 bits per heavy atom. The first-order chi connectivity index (χ1) is 9.04. The molecule has 0 aromatic carbocycles. The quantitative estimate of drug-likeness (QED) is 0.835. The van der Waals surface area contributed by atoms with Crippen molar-refractivity contribution in [1.29, 1.82) is 0 Å². The third-order valence-corrected chi connectivity index (χ3v) is 3.28. The Hall–Kier alpha value is -1.82. The summed E-state index contributed by atoms with van der Waals surface area (Å²) in [5, 5.41) is 0.466. The van der Waals surface area contributed by atoms with Crippen LogP contribution in [0.1, 0.15) is 19.2 Å². The average Bonchev–Trinajstić information content (AvgIpc) is 2.70. The number of rotatable bonds is 4. The summed E-state index contributed by atoms with van der Waals surface area (Å²) in [5.74, 6) is 0.568. The van der Waals surface area contributed by atoms with Gasteiger partial charge in [-0.1, -0.05) is 18.5 Å². The third-order valence-electron chi connectivity index (χ3n) is 2.93. The van der Waals surface area contributed by atoms with Gasteiger partial charge in [-0.3, -0.25) is 9.36 Å². The monoisotopic (exact) mass is 282 g/mol. The fourth-order valence-electron chi connectivity index (χ4n) is 1.83. The molecule has 0 aliphatic rings. The Morgan fingerprint density at radius 2 is 2.11 bits per heavy atom. The van der Waals surface area contributed by atoms with E-state index >= 15 is 0 Å². The van der Waals surface area contributed by atoms with Crippen LogP contribution < -0.4 is 11.2 Å². The summed E-state index contributed by atoms with van der Waals surface area (Å²) in [5.41, 5.74) is -0.662. The molecule has 0 amide bonds. The number of hydrogen-bond donors (Lipinski definition) is 0. The van der Waals surface area contributed by atoms with Crippen molar-refractivity contribution in [3.05, 3.63) is 50.3 Å². The van der Waals surface area contributed by atoms with Gasteiger partial charge in [0, 0.05) is 25.9 Å². The minimum absolute atomic E-state index is 0.117. The van der Waals surface area contributed by atoms with Crippen LogP contribution in [0.2, 0.25) is 5.15 Å². The van der Waals surface area contributed by atoms with E-state index in [0.29, 0.717) is 17.5 Å². The zero-order valence-electron chi connectivity index (χ0n) is 10.8. The van der Waals surface area contributed by atoms with Crippen LogP contribution >= 0.6 is 11.6 Å². The van der Waals surface area contributed by atoms with Gasteiger partial charge in [-0.05, 0) is 6.42 Å². The molecule has 0 saturated heterocycles. The Balaban J connectivity index is 2.45. The molecule has 0 spiro atoms. The highest BCUT2D eigenvalue weighted by Crippen LogP contribution is 2.08. The second-order valence-electron chi connectivity index (χ2n) is 4.27. The van der Waals surface area contributed by atoms with Crippen molar-refractivity contribution in [2.45, 2.75) is 26.4 Å². The molecule has 6 nitrogen and oxygen atoms in total. The fourth-order valence-corrected chi connectivity index (χ4v) is 1.97. The SMILES string of the molecule is CCCn1ccc(=O)n(Cc2ncc(Cl)n2C)c1=O. The van der Waals surface area contributed by atoms with Crippen LogP contribution in [0.4, 0.5) is 0 Å². The van der Waals surface area contributed by atoms with E-state index < -0.39 is 0 Å². The second kappa shape index (κ2) is 5.44. The lowest BCUT2D eigenvalue weighted by molar-refractivity contribution is 0.556. The smallest absolute Gasteiger partial charge is 0.321 e. The lowest BCUT2D eigenvalue weighted by Crippen LogP contribution is -2.39. The van der Waals surface area contributed by atoms with Crippen LogP contribution in [0.15, 0.2) is 28.0 Å². The van der Waals surface area contributed by atoms with Gasteiger partial charge in [-0.2, -0.15) is 0 Å². The first-order valence-corrected chi connectivity index (χ1v) is 6.38. The van der Waals surface area contributed by atoms with Crippen molar-refractivity contribution in [1.82, 2.24) is 18.7 Å². The number of imidazole rings is 1. The molecule has 2 heterocycles. The molecule has 0 unspecified atom stereocenters. The number of hydrogen-bond acceptors (Lipinski definition) is 3. The van der Waals surface area contributed by atoms with Crippen LogP contribution in [0.25, 0.3) is 0 Å². The fraction of sp³-hybridized carbons (Fsp3) is 0.417. The van der Waals surface area contributed by atoms with E-state index in [9.17, 15) is 9.59 Å². The van der Waals surface area contributed by atoms with Crippen LogP contribution in [0, 0.1) is 0 Å². The predicted octanol–water partition coefficient (Wildman–Crippen LogP) is 0.855. The van der Waals surface area contributed by atoms with Gasteiger partial charge in [0.2, 0.25) is 0 Å². The van der Waals surface area contributed by atoms with Gasteiger partial charge >= 0.3 is 5.69 Å². The summed E-state index contributed by atoms with van der Waals surface area (Å²) >= 11 is 5.89. The standard InChI is InChI=1S/C12H15ClN4O2/c1-3-5-16-6-4-11(18)17(12(16)19)8-10-14-7-9(13)15(10)2/h4,6-7H,3,5,8H2,1-2H3. The Labute approximate surface area is 114 Å². The van der Waals surface area contributed by atoms with Crippen molar-refractivity contribution >= 4 is 11.6 Å². The van der Waals surface area contributed by atoms with E-state index in [4.69, 9.17) is 11.6 Å². The number of nitrogens with zero attached hydrogens (tertiary/aromatic N) is 4. The highest BCUT2D eigenvalue weighted by Gasteiger charge is 2.10. The van der Waals surface area contributed by atoms with Crippen molar-refractivity contribution in [2.75, 3.05) is 0 Å². The van der Waals surface area contributed by atoms with Crippen LogP contribution in [0.5, 0.6) is 0 Å². The highest BCUT2D eigenvalue weighted by molar-refractivity contribution is 6.29. The highest BCUT2D eigenvalue weighted by atomic mass is 35.5. The predicted molar refractivity (Wildman–Crippen MR) is 72.6 cm³/mol. The summed E-state index contributed by atoms with van der Waals surface area (Å²) in [7, 11) is 1.74. The third kappa shape index (κ3) is 2.63. The zero-order chi connectivity index (χ0) is 14.0. The topological polar surface area (TPSA) is 61.8 Å². The van der Waals surface area contributed by atoms with Gasteiger partial charge in [-0.15, -0.1) is 0 Å². The van der Waals surface area contributed by atoms with Crippen LogP contribution in [-0.2, 0) is 20.1 Å². The van der Waals surface area contributed by atoms with E-state index in [1.807, 2.05) is 6.92 Å². The minimum atomic E-state index is -0.337. The van der Waals surface area contributed by atoms with E-state index in [0.717, 1.165) is 11.0 Å². The van der Waals surface area contributed by atoms with E-state index in [1.54, 1.807) is 11.6 Å². The maximum absolute atomic E-state index is 12.2. The van der Waals surface area contributed by atoms with Gasteiger partial charge in [0.15, 0.2) is 0 Å². The van der Waals surface area contributed by atoms with Gasteiger partial charge in [0.25, 0.3) is 5.56 Å². The minimum Gasteiger partial charge on any atom is -0.321 e. The second-order valence-corrected chi connectivity index (χ2v) is 4.66. The van der Waals surface area contributed by atoms with E-state index in [1.165, 1.54) is 23.0 Å². The number of aromatic nitrogens is 4. The van der Waals surface area contributed by atoms with Crippen molar-refractivity contribution < 1.29 is 0 Å². The summed E-state index contributed by atoms with van der Waals surface area (Å²) in [4.78, 5) is 28.0. The average molecular weight is 283 g/mol. The first-order valence-electron chi connectivity index (χ1n) is 6.01. The van der Waals surface area contributed by atoms with Gasteiger partial charge in [-0.25, -0.2) is 9.78 Å². The van der Waals surface area contributed by atoms with Crippen molar-refractivity contribution in [3.63, 3.8) is 0 Å². The van der Waals surface area contributed by atoms with Crippen LogP contribution in [-0.4, -0.2) is 18.7 Å². The molecule has 0 saturated carbocycles. The first kappa shape index (κ1) is 13.6. The lowest BCUT2D eigenvalue weighted by Gasteiger charge is -2.09. The Bertz CT molecular complexity index is 698. The summed E-state index contributed by atoms with van der Waals surface area (Å²) in [6, 6.07) is 1.39. The maximum Gasteiger partial charge on any atom is 0.331 e. The molecule has 0 radical (unpaired) electrons. The molecule has 2 rings (SSSR count). The molecule has 0 atom stereocenters. The number of halogens is 1. The zero-order valence-corrected chi connectivity index (χ0v) is 11.6. The Kier molecular flexibility index (Phi) is 3.90. The normalized spacial score (nSPS) is 10.9. The molecule has 0 aliphatic heterocycles. The molecule has 0 N–H and O–H groups in total. The molecule has 102 valence electrons. The van der Waals surface area contributed by atoms with E-state index in [2.05, 4.69) is 4.98 Å². The molecule has 0 bridgehead atoms. The van der Waals surface area contributed by atoms with E-state index in [-0.39, 0.29) is 17.8 Å². The molecular formula is C12H15ClN4O2. The summed E-state index contributed by atoms with van der Waals surface area (Å²) < 4.78 is 4.32. The molecule has 0 fully saturated rings. The van der Waals surface area contributed by atoms with Crippen LogP contribution in [0.3, 0.4) is 0 Å². The van der Waals surface area contributed by atoms with Gasteiger partial charge in [0.1, 0.15) is 11.0 Å². The molecule has 0 aliphatic carbocycles. The Morgan fingerprint density at radius 3 is 2.68 bits per heavy atom. The van der Waals surface area contributed by atoms with Gasteiger partial charge in [0.05, 0.1) is 12.7 Å². The molecule has 19 heavy (non-hydrogen) atoms. The summed E-state index contributed by atoms with van der Waals surface area (Å²) in [6.45, 7) is 2.67. The van der Waals surface area contributed by atoms with Crippen molar-refractivity contribution in [2.24, 2.45) is 7.05 Å². The summed E-state index contributed by atoms with van der Waals surface area (Å²) in [6.07, 6.45) is 3.85. The molecule has 7 heteroatoms. The van der Waals surface area contributed by atoms with Gasteiger partial charge < -0.3 is 9.13 Å². The molecule has 2 aromatic heterocycles. The largest absolute Gasteiger partial charge is 0.331 e. The molecule has 2 aromatic rings. The lowest BCUT2D eigenvalue weighted by atomic mass is 10.4. The van der Waals surface area contributed by atoms with Crippen molar-refractivity contribution in [3.8, 4) is 0 Å². The maximum atomic E-state index is 12.2. The number of aryl methyl sites for hydroxylation is 1. The molecular weight excluding hydrogens is 268 g/mol.